The molecule has 1 aromatic heterocycles. The van der Waals surface area contributed by atoms with E-state index in [1.54, 1.807) is 0 Å². The summed E-state index contributed by atoms with van der Waals surface area (Å²) in [5, 5.41) is 17.4. The van der Waals surface area contributed by atoms with Crippen LogP contribution in [0, 0.1) is 11.3 Å². The Morgan fingerprint density at radius 1 is 1.41 bits per heavy atom. The summed E-state index contributed by atoms with van der Waals surface area (Å²) >= 11 is 0. The molecule has 0 atom stereocenters. The van der Waals surface area contributed by atoms with Crippen molar-refractivity contribution in [3.8, 4) is 11.8 Å². The van der Waals surface area contributed by atoms with Crippen LogP contribution in [0.4, 0.5) is 22.0 Å². The Bertz CT molecular complexity index is 464. The van der Waals surface area contributed by atoms with Gasteiger partial charge in [0, 0.05) is 5.56 Å². The molecule has 0 aliphatic carbocycles. The maximum Gasteiger partial charge on any atom is 0.433 e. The molecule has 0 fully saturated rings. The highest BCUT2D eigenvalue weighted by Crippen LogP contribution is 2.38. The first-order valence-electron chi connectivity index (χ1n) is 4.22. The summed E-state index contributed by atoms with van der Waals surface area (Å²) in [6.07, 6.45) is -8.88. The molecular formula is C9H5F5N2O. The topological polar surface area (TPSA) is 56.9 Å². The maximum atomic E-state index is 12.5. The fraction of sp³-hybridized carbons (Fsp3) is 0.333. The van der Waals surface area contributed by atoms with Crippen LogP contribution < -0.4 is 0 Å². The van der Waals surface area contributed by atoms with Crippen molar-refractivity contribution in [2.45, 2.75) is 19.0 Å². The molecule has 0 spiro atoms. The van der Waals surface area contributed by atoms with Gasteiger partial charge in [-0.15, -0.1) is 0 Å². The second-order valence-corrected chi connectivity index (χ2v) is 3.02. The van der Waals surface area contributed by atoms with E-state index in [-0.39, 0.29) is 0 Å². The van der Waals surface area contributed by atoms with Gasteiger partial charge >= 0.3 is 6.18 Å². The van der Waals surface area contributed by atoms with Crippen LogP contribution in [0.1, 0.15) is 23.2 Å². The van der Waals surface area contributed by atoms with Crippen LogP contribution in [0.15, 0.2) is 6.20 Å². The van der Waals surface area contributed by atoms with Gasteiger partial charge in [-0.2, -0.15) is 18.4 Å². The van der Waals surface area contributed by atoms with Crippen molar-refractivity contribution in [2.75, 3.05) is 0 Å². The number of alkyl halides is 5. The Labute approximate surface area is 92.1 Å². The van der Waals surface area contributed by atoms with Crippen molar-refractivity contribution < 1.29 is 27.1 Å². The molecule has 1 N–H and O–H groups in total. The molecule has 17 heavy (non-hydrogen) atoms. The normalized spacial score (nSPS) is 11.6. The monoisotopic (exact) mass is 252 g/mol. The summed E-state index contributed by atoms with van der Waals surface area (Å²) in [4.78, 5) is 2.85. The zero-order valence-corrected chi connectivity index (χ0v) is 8.09. The molecule has 92 valence electrons. The van der Waals surface area contributed by atoms with Gasteiger partial charge in [0.1, 0.15) is 11.4 Å². The van der Waals surface area contributed by atoms with Gasteiger partial charge in [0.05, 0.1) is 24.3 Å². The number of hydrogen-bond acceptors (Lipinski definition) is 3. The molecular weight excluding hydrogens is 247 g/mol. The quantitative estimate of drug-likeness (QED) is 0.823. The van der Waals surface area contributed by atoms with E-state index >= 15 is 0 Å². The van der Waals surface area contributed by atoms with Crippen LogP contribution in [0.2, 0.25) is 0 Å². The smallest absolute Gasteiger partial charge is 0.433 e. The zero-order valence-electron chi connectivity index (χ0n) is 8.09. The highest BCUT2D eigenvalue weighted by atomic mass is 19.4. The minimum Gasteiger partial charge on any atom is -0.506 e. The second kappa shape index (κ2) is 4.53. The molecule has 1 aromatic rings. The number of aromatic hydroxyl groups is 1. The number of pyridine rings is 1. The Hall–Kier alpha value is -1.91. The SMILES string of the molecule is N#CCc1c(C(F)(F)F)ncc(O)c1C(F)F. The predicted octanol–water partition coefficient (Wildman–Crippen LogP) is 2.81. The van der Waals surface area contributed by atoms with Crippen LogP contribution in [-0.2, 0) is 12.6 Å². The third kappa shape index (κ3) is 2.61. The van der Waals surface area contributed by atoms with Crippen molar-refractivity contribution in [2.24, 2.45) is 0 Å². The molecule has 1 heterocycles. The van der Waals surface area contributed by atoms with Gasteiger partial charge in [0.2, 0.25) is 0 Å². The molecule has 0 bridgehead atoms. The molecule has 0 aliphatic heterocycles. The van der Waals surface area contributed by atoms with Crippen molar-refractivity contribution >= 4 is 0 Å². The number of nitriles is 1. The van der Waals surface area contributed by atoms with Crippen LogP contribution in [-0.4, -0.2) is 10.1 Å². The van der Waals surface area contributed by atoms with E-state index in [4.69, 9.17) is 10.4 Å². The highest BCUT2D eigenvalue weighted by molar-refractivity contribution is 5.43. The zero-order chi connectivity index (χ0) is 13.2. The maximum absolute atomic E-state index is 12.5. The highest BCUT2D eigenvalue weighted by Gasteiger charge is 2.38. The third-order valence-corrected chi connectivity index (χ3v) is 1.95. The number of rotatable bonds is 2. The molecule has 0 unspecified atom stereocenters. The van der Waals surface area contributed by atoms with E-state index in [2.05, 4.69) is 4.98 Å². The van der Waals surface area contributed by atoms with Crippen molar-refractivity contribution in [1.82, 2.24) is 4.98 Å². The van der Waals surface area contributed by atoms with Gasteiger partial charge in [0.15, 0.2) is 0 Å². The standard InChI is InChI=1S/C9H5F5N2O/c10-8(11)6-4(1-2-15)7(9(12,13)14)16-3-5(6)17/h3,8,17H,1H2. The van der Waals surface area contributed by atoms with E-state index in [1.807, 2.05) is 0 Å². The van der Waals surface area contributed by atoms with E-state index in [0.717, 1.165) is 0 Å². The van der Waals surface area contributed by atoms with E-state index in [0.29, 0.717) is 6.20 Å². The largest absolute Gasteiger partial charge is 0.506 e. The van der Waals surface area contributed by atoms with Gasteiger partial charge in [-0.1, -0.05) is 0 Å². The van der Waals surface area contributed by atoms with Crippen LogP contribution in [0.3, 0.4) is 0 Å². The molecule has 0 amide bonds. The molecule has 0 saturated carbocycles. The Kier molecular flexibility index (Phi) is 3.50. The molecule has 3 nitrogen and oxygen atoms in total. The van der Waals surface area contributed by atoms with Crippen molar-refractivity contribution in [3.63, 3.8) is 0 Å². The lowest BCUT2D eigenvalue weighted by molar-refractivity contribution is -0.141. The summed E-state index contributed by atoms with van der Waals surface area (Å²) in [6, 6.07) is 1.33. The second-order valence-electron chi connectivity index (χ2n) is 3.02. The minimum atomic E-state index is -4.95. The molecule has 0 saturated heterocycles. The summed E-state index contributed by atoms with van der Waals surface area (Å²) in [7, 11) is 0. The van der Waals surface area contributed by atoms with Crippen LogP contribution >= 0.6 is 0 Å². The third-order valence-electron chi connectivity index (χ3n) is 1.95. The molecule has 0 radical (unpaired) electrons. The summed E-state index contributed by atoms with van der Waals surface area (Å²) in [5.41, 5.74) is -3.77. The van der Waals surface area contributed by atoms with Crippen LogP contribution in [0.5, 0.6) is 5.75 Å². The Balaban J connectivity index is 3.54. The first kappa shape index (κ1) is 13.2. The Morgan fingerprint density at radius 3 is 2.41 bits per heavy atom. The number of hydrogen-bond donors (Lipinski definition) is 1. The van der Waals surface area contributed by atoms with Gasteiger partial charge in [-0.3, -0.25) is 0 Å². The average Bonchev–Trinajstić information content (AvgIpc) is 2.15. The first-order valence-corrected chi connectivity index (χ1v) is 4.22. The van der Waals surface area contributed by atoms with E-state index in [9.17, 15) is 22.0 Å². The summed E-state index contributed by atoms with van der Waals surface area (Å²) in [5.74, 6) is -1.06. The number of halogens is 5. The summed E-state index contributed by atoms with van der Waals surface area (Å²) in [6.45, 7) is 0. The minimum absolute atomic E-state index is 0.297. The average molecular weight is 252 g/mol. The van der Waals surface area contributed by atoms with Crippen molar-refractivity contribution in [1.29, 1.82) is 5.26 Å². The summed E-state index contributed by atoms with van der Waals surface area (Å²) < 4.78 is 62.4. The number of nitrogens with zero attached hydrogens (tertiary/aromatic N) is 2. The van der Waals surface area contributed by atoms with Crippen LogP contribution in [0.25, 0.3) is 0 Å². The number of aromatic nitrogens is 1. The van der Waals surface area contributed by atoms with Gasteiger partial charge < -0.3 is 5.11 Å². The fourth-order valence-corrected chi connectivity index (χ4v) is 1.30. The first-order chi connectivity index (χ1) is 7.79. The fourth-order valence-electron chi connectivity index (χ4n) is 1.30. The molecule has 0 aliphatic rings. The predicted molar refractivity (Wildman–Crippen MR) is 45.2 cm³/mol. The molecule has 0 aromatic carbocycles. The lowest BCUT2D eigenvalue weighted by atomic mass is 10.0. The van der Waals surface area contributed by atoms with E-state index in [1.165, 1.54) is 6.07 Å². The lowest BCUT2D eigenvalue weighted by Crippen LogP contribution is -2.14. The molecule has 1 rings (SSSR count). The van der Waals surface area contributed by atoms with Gasteiger partial charge in [-0.05, 0) is 0 Å². The van der Waals surface area contributed by atoms with E-state index < -0.39 is 41.6 Å². The van der Waals surface area contributed by atoms with Gasteiger partial charge in [-0.25, -0.2) is 13.8 Å². The van der Waals surface area contributed by atoms with Gasteiger partial charge in [0.25, 0.3) is 6.43 Å². The molecule has 8 heteroatoms. The van der Waals surface area contributed by atoms with Crippen molar-refractivity contribution in [3.05, 3.63) is 23.0 Å². The lowest BCUT2D eigenvalue weighted by Gasteiger charge is -2.14. The Morgan fingerprint density at radius 2 is 2.00 bits per heavy atom.